The van der Waals surface area contributed by atoms with Crippen LogP contribution in [0.5, 0.6) is 0 Å². The third-order valence-corrected chi connectivity index (χ3v) is 7.31. The Hall–Kier alpha value is -3.17. The summed E-state index contributed by atoms with van der Waals surface area (Å²) >= 11 is 3.33. The molecule has 3 rings (SSSR count). The van der Waals surface area contributed by atoms with Crippen molar-refractivity contribution in [3.05, 3.63) is 95.2 Å². The minimum absolute atomic E-state index is 0.179. The van der Waals surface area contributed by atoms with Crippen LogP contribution >= 0.6 is 15.9 Å². The van der Waals surface area contributed by atoms with E-state index in [2.05, 4.69) is 31.5 Å². The molecule has 0 atom stereocenters. The van der Waals surface area contributed by atoms with Crippen molar-refractivity contribution in [2.45, 2.75) is 18.4 Å². The third-order valence-electron chi connectivity index (χ3n) is 4.50. The Balaban J connectivity index is 1.75. The summed E-state index contributed by atoms with van der Waals surface area (Å²) < 4.78 is 28.5. The van der Waals surface area contributed by atoms with Crippen LogP contribution in [-0.2, 0) is 16.6 Å². The van der Waals surface area contributed by atoms with Gasteiger partial charge < -0.3 is 10.6 Å². The number of pyridine rings is 1. The molecule has 32 heavy (non-hydrogen) atoms. The molecular weight excluding hydrogens is 492 g/mol. The van der Waals surface area contributed by atoms with Crippen molar-refractivity contribution in [1.29, 1.82) is 0 Å². The Morgan fingerprint density at radius 3 is 2.50 bits per heavy atom. The Bertz CT molecular complexity index is 1180. The van der Waals surface area contributed by atoms with Crippen molar-refractivity contribution < 1.29 is 13.2 Å². The molecule has 166 valence electrons. The van der Waals surface area contributed by atoms with Gasteiger partial charge in [-0.1, -0.05) is 30.4 Å². The van der Waals surface area contributed by atoms with Crippen LogP contribution in [0.2, 0.25) is 0 Å². The van der Waals surface area contributed by atoms with E-state index in [0.717, 1.165) is 5.56 Å². The highest BCUT2D eigenvalue weighted by Gasteiger charge is 2.26. The molecule has 2 N–H and O–H groups in total. The average molecular weight is 515 g/mol. The molecule has 0 spiro atoms. The molecule has 1 heterocycles. The van der Waals surface area contributed by atoms with Gasteiger partial charge in [-0.2, -0.15) is 0 Å². The fraction of sp³-hybridized carbons (Fsp3) is 0.130. The summed E-state index contributed by atoms with van der Waals surface area (Å²) in [6.45, 7) is 2.36. The molecule has 2 aromatic carbocycles. The molecule has 7 nitrogen and oxygen atoms in total. The highest BCUT2D eigenvalue weighted by Crippen LogP contribution is 2.29. The highest BCUT2D eigenvalue weighted by atomic mass is 79.9. The monoisotopic (exact) mass is 514 g/mol. The first-order chi connectivity index (χ1) is 15.4. The number of carbonyl (C=O) groups excluding carboxylic acids is 1. The topological polar surface area (TPSA) is 91.4 Å². The van der Waals surface area contributed by atoms with E-state index in [0.29, 0.717) is 22.4 Å². The molecule has 2 amide bonds. The first-order valence-electron chi connectivity index (χ1n) is 9.84. The summed E-state index contributed by atoms with van der Waals surface area (Å²) in [4.78, 5) is 16.4. The molecular formula is C23H23BrN4O3S. The van der Waals surface area contributed by atoms with Gasteiger partial charge in [-0.15, -0.1) is 0 Å². The van der Waals surface area contributed by atoms with E-state index in [1.165, 1.54) is 4.31 Å². The van der Waals surface area contributed by atoms with Crippen LogP contribution in [0.4, 0.5) is 16.2 Å². The predicted molar refractivity (Wildman–Crippen MR) is 130 cm³/mol. The quantitative estimate of drug-likeness (QED) is 0.416. The second-order valence-corrected chi connectivity index (χ2v) is 9.44. The lowest BCUT2D eigenvalue weighted by Crippen LogP contribution is -2.31. The number of hydrogen-bond donors (Lipinski definition) is 2. The van der Waals surface area contributed by atoms with Crippen molar-refractivity contribution in [2.24, 2.45) is 0 Å². The molecule has 9 heteroatoms. The number of carbonyl (C=O) groups is 1. The molecule has 3 aromatic rings. The minimum atomic E-state index is -3.80. The Kier molecular flexibility index (Phi) is 8.02. The van der Waals surface area contributed by atoms with Gasteiger partial charge in [-0.25, -0.2) is 13.2 Å². The number of sulfonamides is 1. The maximum absolute atomic E-state index is 13.3. The standard InChI is InChI=1S/C23H23BrN4O3S/c1-2-3-15-28(32(30,31)22-9-5-4-8-21(22)24)20-12-10-19(11-13-20)27-23(29)26-17-18-7-6-14-25-16-18/h2-14,16H,15,17H2,1H3,(H2,26,27,29). The molecule has 0 saturated heterocycles. The largest absolute Gasteiger partial charge is 0.334 e. The molecule has 0 aliphatic rings. The van der Waals surface area contributed by atoms with Crippen molar-refractivity contribution in [3.8, 4) is 0 Å². The van der Waals surface area contributed by atoms with E-state index in [1.807, 2.05) is 13.0 Å². The van der Waals surface area contributed by atoms with Crippen molar-refractivity contribution >= 4 is 43.4 Å². The number of anilines is 2. The van der Waals surface area contributed by atoms with Crippen LogP contribution in [0.3, 0.4) is 0 Å². The molecule has 0 saturated carbocycles. The summed E-state index contributed by atoms with van der Waals surface area (Å²) in [7, 11) is -3.80. The van der Waals surface area contributed by atoms with Gasteiger partial charge in [-0.05, 0) is 70.9 Å². The van der Waals surface area contributed by atoms with Crippen LogP contribution in [0.25, 0.3) is 0 Å². The van der Waals surface area contributed by atoms with Gasteiger partial charge in [0.2, 0.25) is 0 Å². The maximum atomic E-state index is 13.3. The third kappa shape index (κ3) is 5.95. The maximum Gasteiger partial charge on any atom is 0.319 e. The van der Waals surface area contributed by atoms with Gasteiger partial charge in [-0.3, -0.25) is 9.29 Å². The number of allylic oxidation sites excluding steroid dienone is 1. The number of rotatable bonds is 8. The van der Waals surface area contributed by atoms with Gasteiger partial charge in [0, 0.05) is 29.1 Å². The van der Waals surface area contributed by atoms with Gasteiger partial charge >= 0.3 is 6.03 Å². The van der Waals surface area contributed by atoms with E-state index < -0.39 is 10.0 Å². The SMILES string of the molecule is CC=CCN(c1ccc(NC(=O)NCc2cccnc2)cc1)S(=O)(=O)c1ccccc1Br. The molecule has 0 bridgehead atoms. The predicted octanol–water partition coefficient (Wildman–Crippen LogP) is 4.94. The zero-order chi connectivity index (χ0) is 23.0. The Morgan fingerprint density at radius 2 is 1.84 bits per heavy atom. The minimum Gasteiger partial charge on any atom is -0.334 e. The van der Waals surface area contributed by atoms with Gasteiger partial charge in [0.25, 0.3) is 10.0 Å². The van der Waals surface area contributed by atoms with E-state index in [4.69, 9.17) is 0 Å². The molecule has 0 fully saturated rings. The van der Waals surface area contributed by atoms with Gasteiger partial charge in [0.1, 0.15) is 4.90 Å². The zero-order valence-electron chi connectivity index (χ0n) is 17.4. The fourth-order valence-corrected chi connectivity index (χ4v) is 5.27. The number of urea groups is 1. The number of aromatic nitrogens is 1. The van der Waals surface area contributed by atoms with Crippen LogP contribution < -0.4 is 14.9 Å². The van der Waals surface area contributed by atoms with Gasteiger partial charge in [0.15, 0.2) is 0 Å². The second kappa shape index (κ2) is 10.9. The van der Waals surface area contributed by atoms with Crippen LogP contribution in [0, 0.1) is 0 Å². The summed E-state index contributed by atoms with van der Waals surface area (Å²) in [6.07, 6.45) is 6.92. The number of halogens is 1. The fourth-order valence-electron chi connectivity index (χ4n) is 2.89. The number of nitrogens with one attached hydrogen (secondary N) is 2. The number of hydrogen-bond acceptors (Lipinski definition) is 4. The summed E-state index contributed by atoms with van der Waals surface area (Å²) in [5.41, 5.74) is 1.91. The highest BCUT2D eigenvalue weighted by molar-refractivity contribution is 9.10. The van der Waals surface area contributed by atoms with Crippen LogP contribution in [0.15, 0.2) is 94.6 Å². The lowest BCUT2D eigenvalue weighted by Gasteiger charge is -2.24. The zero-order valence-corrected chi connectivity index (χ0v) is 19.8. The number of nitrogens with zero attached hydrogens (tertiary/aromatic N) is 2. The van der Waals surface area contributed by atoms with Crippen LogP contribution in [0.1, 0.15) is 12.5 Å². The average Bonchev–Trinajstić information content (AvgIpc) is 2.80. The summed E-state index contributed by atoms with van der Waals surface area (Å²) in [5.74, 6) is 0. The lowest BCUT2D eigenvalue weighted by molar-refractivity contribution is 0.251. The van der Waals surface area contributed by atoms with Gasteiger partial charge in [0.05, 0.1) is 12.2 Å². The number of benzene rings is 2. The normalized spacial score (nSPS) is 11.3. The van der Waals surface area contributed by atoms with E-state index in [9.17, 15) is 13.2 Å². The van der Waals surface area contributed by atoms with Crippen molar-refractivity contribution in [2.75, 3.05) is 16.2 Å². The first kappa shape index (κ1) is 23.5. The molecule has 0 aliphatic heterocycles. The Labute approximate surface area is 196 Å². The van der Waals surface area contributed by atoms with E-state index in [1.54, 1.807) is 79.1 Å². The molecule has 1 aromatic heterocycles. The Morgan fingerprint density at radius 1 is 1.09 bits per heavy atom. The molecule has 0 aliphatic carbocycles. The van der Waals surface area contributed by atoms with Crippen molar-refractivity contribution in [3.63, 3.8) is 0 Å². The molecule has 0 unspecified atom stereocenters. The van der Waals surface area contributed by atoms with Crippen LogP contribution in [-0.4, -0.2) is 26.0 Å². The summed E-state index contributed by atoms with van der Waals surface area (Å²) in [5, 5.41) is 5.50. The van der Waals surface area contributed by atoms with E-state index >= 15 is 0 Å². The van der Waals surface area contributed by atoms with E-state index in [-0.39, 0.29) is 17.5 Å². The van der Waals surface area contributed by atoms with Crippen molar-refractivity contribution in [1.82, 2.24) is 10.3 Å². The lowest BCUT2D eigenvalue weighted by atomic mass is 10.2. The summed E-state index contributed by atoms with van der Waals surface area (Å²) in [6, 6.07) is 16.7. The number of amides is 2. The smallest absolute Gasteiger partial charge is 0.319 e. The molecule has 0 radical (unpaired) electrons. The second-order valence-electron chi connectivity index (χ2n) is 6.75. The first-order valence-corrected chi connectivity index (χ1v) is 12.1.